The number of hydrogen-bond acceptors (Lipinski definition) is 2. The van der Waals surface area contributed by atoms with Crippen molar-refractivity contribution in [2.24, 2.45) is 5.92 Å². The SMILES string of the molecule is CCCCN[C@H](CC(C)C)C(=O)O. The molecule has 0 aromatic carbocycles. The molecule has 0 fully saturated rings. The molecule has 0 aromatic rings. The quantitative estimate of drug-likeness (QED) is 0.598. The van der Waals surface area contributed by atoms with Crippen molar-refractivity contribution >= 4 is 5.97 Å². The number of aliphatic carboxylic acids is 1. The van der Waals surface area contributed by atoms with Crippen molar-refractivity contribution in [1.82, 2.24) is 5.32 Å². The van der Waals surface area contributed by atoms with Crippen molar-refractivity contribution in [2.75, 3.05) is 6.54 Å². The maximum atomic E-state index is 10.8. The van der Waals surface area contributed by atoms with E-state index in [0.29, 0.717) is 12.3 Å². The molecule has 13 heavy (non-hydrogen) atoms. The summed E-state index contributed by atoms with van der Waals surface area (Å²) in [5.74, 6) is -0.306. The van der Waals surface area contributed by atoms with Gasteiger partial charge in [-0.1, -0.05) is 27.2 Å². The van der Waals surface area contributed by atoms with Gasteiger partial charge in [-0.2, -0.15) is 0 Å². The summed E-state index contributed by atoms with van der Waals surface area (Å²) in [5, 5.41) is 11.9. The Morgan fingerprint density at radius 2 is 2.08 bits per heavy atom. The van der Waals surface area contributed by atoms with Crippen molar-refractivity contribution in [2.45, 2.75) is 46.1 Å². The average Bonchev–Trinajstić information content (AvgIpc) is 2.02. The summed E-state index contributed by atoms with van der Waals surface area (Å²) in [4.78, 5) is 10.8. The third kappa shape index (κ3) is 6.58. The van der Waals surface area contributed by atoms with E-state index in [0.717, 1.165) is 19.4 Å². The normalized spacial score (nSPS) is 13.2. The lowest BCUT2D eigenvalue weighted by Crippen LogP contribution is -2.38. The molecule has 0 aliphatic rings. The van der Waals surface area contributed by atoms with Crippen LogP contribution >= 0.6 is 0 Å². The molecule has 0 saturated carbocycles. The summed E-state index contributed by atoms with van der Waals surface area (Å²) in [6.07, 6.45) is 2.85. The Labute approximate surface area is 80.5 Å². The molecule has 0 aliphatic heterocycles. The van der Waals surface area contributed by atoms with E-state index in [1.807, 2.05) is 13.8 Å². The van der Waals surface area contributed by atoms with Gasteiger partial charge in [-0.3, -0.25) is 4.79 Å². The van der Waals surface area contributed by atoms with Crippen LogP contribution in [0.1, 0.15) is 40.0 Å². The lowest BCUT2D eigenvalue weighted by Gasteiger charge is -2.15. The Morgan fingerprint density at radius 1 is 1.46 bits per heavy atom. The topological polar surface area (TPSA) is 49.3 Å². The maximum Gasteiger partial charge on any atom is 0.320 e. The molecular formula is C10H21NO2. The molecule has 0 amide bonds. The summed E-state index contributed by atoms with van der Waals surface area (Å²) in [5.41, 5.74) is 0. The van der Waals surface area contributed by atoms with E-state index in [1.165, 1.54) is 0 Å². The summed E-state index contributed by atoms with van der Waals surface area (Å²) in [7, 11) is 0. The fourth-order valence-corrected chi connectivity index (χ4v) is 1.20. The number of carboxylic acid groups (broad SMARTS) is 1. The van der Waals surface area contributed by atoms with Gasteiger partial charge in [0.25, 0.3) is 0 Å². The van der Waals surface area contributed by atoms with Crippen molar-refractivity contribution in [3.05, 3.63) is 0 Å². The molecule has 3 nitrogen and oxygen atoms in total. The van der Waals surface area contributed by atoms with Gasteiger partial charge in [0.2, 0.25) is 0 Å². The van der Waals surface area contributed by atoms with Crippen LogP contribution < -0.4 is 5.32 Å². The highest BCUT2D eigenvalue weighted by Gasteiger charge is 2.17. The van der Waals surface area contributed by atoms with Crippen molar-refractivity contribution < 1.29 is 9.90 Å². The maximum absolute atomic E-state index is 10.8. The number of carboxylic acids is 1. The number of rotatable bonds is 7. The Balaban J connectivity index is 3.74. The molecule has 0 unspecified atom stereocenters. The van der Waals surface area contributed by atoms with Crippen LogP contribution in [-0.4, -0.2) is 23.7 Å². The smallest absolute Gasteiger partial charge is 0.320 e. The summed E-state index contributed by atoms with van der Waals surface area (Å²) in [6, 6.07) is -0.369. The average molecular weight is 187 g/mol. The van der Waals surface area contributed by atoms with Crippen LogP contribution in [0.2, 0.25) is 0 Å². The number of unbranched alkanes of at least 4 members (excludes halogenated alkanes) is 1. The molecule has 0 saturated heterocycles. The first kappa shape index (κ1) is 12.4. The molecule has 0 aliphatic carbocycles. The van der Waals surface area contributed by atoms with Crippen LogP contribution in [0.4, 0.5) is 0 Å². The van der Waals surface area contributed by atoms with Crippen LogP contribution in [0.3, 0.4) is 0 Å². The van der Waals surface area contributed by atoms with Crippen molar-refractivity contribution in [3.63, 3.8) is 0 Å². The zero-order valence-corrected chi connectivity index (χ0v) is 8.84. The lowest BCUT2D eigenvalue weighted by atomic mass is 10.0. The molecule has 0 radical (unpaired) electrons. The van der Waals surface area contributed by atoms with Gasteiger partial charge in [0.05, 0.1) is 0 Å². The van der Waals surface area contributed by atoms with Crippen LogP contribution in [0.25, 0.3) is 0 Å². The van der Waals surface area contributed by atoms with E-state index in [-0.39, 0.29) is 6.04 Å². The van der Waals surface area contributed by atoms with E-state index in [2.05, 4.69) is 12.2 Å². The van der Waals surface area contributed by atoms with Crippen LogP contribution in [0.5, 0.6) is 0 Å². The lowest BCUT2D eigenvalue weighted by molar-refractivity contribution is -0.139. The molecular weight excluding hydrogens is 166 g/mol. The van der Waals surface area contributed by atoms with Gasteiger partial charge < -0.3 is 10.4 Å². The Morgan fingerprint density at radius 3 is 2.46 bits per heavy atom. The molecule has 0 aromatic heterocycles. The highest BCUT2D eigenvalue weighted by atomic mass is 16.4. The second-order valence-corrected chi connectivity index (χ2v) is 3.83. The van der Waals surface area contributed by atoms with Gasteiger partial charge in [-0.05, 0) is 25.3 Å². The minimum absolute atomic E-state index is 0.369. The predicted octanol–water partition coefficient (Wildman–Crippen LogP) is 1.88. The van der Waals surface area contributed by atoms with Gasteiger partial charge in [-0.25, -0.2) is 0 Å². The molecule has 2 N–H and O–H groups in total. The number of hydrogen-bond donors (Lipinski definition) is 2. The zero-order chi connectivity index (χ0) is 10.3. The Kier molecular flexibility index (Phi) is 6.59. The number of carbonyl (C=O) groups is 1. The second-order valence-electron chi connectivity index (χ2n) is 3.83. The largest absolute Gasteiger partial charge is 0.480 e. The van der Waals surface area contributed by atoms with Crippen molar-refractivity contribution in [3.8, 4) is 0 Å². The second kappa shape index (κ2) is 6.89. The summed E-state index contributed by atoms with van der Waals surface area (Å²) >= 11 is 0. The van der Waals surface area contributed by atoms with Gasteiger partial charge in [0, 0.05) is 0 Å². The fraction of sp³-hybridized carbons (Fsp3) is 0.900. The first-order valence-corrected chi connectivity index (χ1v) is 5.04. The highest BCUT2D eigenvalue weighted by Crippen LogP contribution is 2.04. The first-order valence-electron chi connectivity index (χ1n) is 5.04. The van der Waals surface area contributed by atoms with Gasteiger partial charge in [-0.15, -0.1) is 0 Å². The Bertz CT molecular complexity index is 146. The molecule has 3 heteroatoms. The van der Waals surface area contributed by atoms with E-state index >= 15 is 0 Å². The van der Waals surface area contributed by atoms with Crippen LogP contribution in [0, 0.1) is 5.92 Å². The van der Waals surface area contributed by atoms with E-state index in [9.17, 15) is 4.79 Å². The Hall–Kier alpha value is -0.570. The molecule has 0 rings (SSSR count). The zero-order valence-electron chi connectivity index (χ0n) is 8.84. The first-order chi connectivity index (χ1) is 6.07. The standard InChI is InChI=1S/C10H21NO2/c1-4-5-6-11-9(10(12)13)7-8(2)3/h8-9,11H,4-7H2,1-3H3,(H,12,13)/t9-/m1/s1. The molecule has 0 heterocycles. The molecule has 0 bridgehead atoms. The van der Waals surface area contributed by atoms with E-state index < -0.39 is 5.97 Å². The van der Waals surface area contributed by atoms with Crippen LogP contribution in [-0.2, 0) is 4.79 Å². The molecule has 78 valence electrons. The summed E-state index contributed by atoms with van der Waals surface area (Å²) < 4.78 is 0. The third-order valence-corrected chi connectivity index (χ3v) is 1.93. The van der Waals surface area contributed by atoms with Gasteiger partial charge in [0.15, 0.2) is 0 Å². The minimum atomic E-state index is -0.732. The predicted molar refractivity (Wildman–Crippen MR) is 53.8 cm³/mol. The van der Waals surface area contributed by atoms with Crippen LogP contribution in [0.15, 0.2) is 0 Å². The third-order valence-electron chi connectivity index (χ3n) is 1.93. The molecule has 0 spiro atoms. The number of nitrogens with one attached hydrogen (secondary N) is 1. The van der Waals surface area contributed by atoms with Crippen molar-refractivity contribution in [1.29, 1.82) is 0 Å². The van der Waals surface area contributed by atoms with Gasteiger partial charge >= 0.3 is 5.97 Å². The van der Waals surface area contributed by atoms with Gasteiger partial charge in [0.1, 0.15) is 6.04 Å². The highest BCUT2D eigenvalue weighted by molar-refractivity contribution is 5.73. The summed E-state index contributed by atoms with van der Waals surface area (Å²) in [6.45, 7) is 6.98. The minimum Gasteiger partial charge on any atom is -0.480 e. The van der Waals surface area contributed by atoms with E-state index in [4.69, 9.17) is 5.11 Å². The fourth-order valence-electron chi connectivity index (χ4n) is 1.20. The monoisotopic (exact) mass is 187 g/mol. The van der Waals surface area contributed by atoms with E-state index in [1.54, 1.807) is 0 Å². The molecule has 1 atom stereocenters.